The Hall–Kier alpha value is -1.38. The van der Waals surface area contributed by atoms with Crippen molar-refractivity contribution in [2.75, 3.05) is 0 Å². The lowest BCUT2D eigenvalue weighted by Crippen LogP contribution is -2.08. The molecule has 0 radical (unpaired) electrons. The van der Waals surface area contributed by atoms with Gasteiger partial charge in [0.1, 0.15) is 0 Å². The predicted molar refractivity (Wildman–Crippen MR) is 74.8 cm³/mol. The van der Waals surface area contributed by atoms with E-state index < -0.39 is 9.76 Å². The molecule has 0 aliphatic heterocycles. The molecule has 0 unspecified atom stereocenters. The molecule has 0 aromatic heterocycles. The molecule has 2 heteroatoms. The van der Waals surface area contributed by atoms with E-state index in [-0.39, 0.29) is 6.10 Å². The molecule has 0 N–H and O–H groups in total. The molecule has 0 aliphatic carbocycles. The highest BCUT2D eigenvalue weighted by atomic mass is 28.2. The van der Waals surface area contributed by atoms with Crippen LogP contribution in [0.15, 0.2) is 60.7 Å². The van der Waals surface area contributed by atoms with Crippen LogP contribution in [0.1, 0.15) is 24.2 Å². The zero-order valence-corrected chi connectivity index (χ0v) is 11.6. The summed E-state index contributed by atoms with van der Waals surface area (Å²) in [5.41, 5.74) is 2.50. The van der Waals surface area contributed by atoms with E-state index in [1.807, 2.05) is 12.1 Å². The third-order valence-corrected chi connectivity index (χ3v) is 3.67. The van der Waals surface area contributed by atoms with Crippen molar-refractivity contribution in [3.63, 3.8) is 0 Å². The molecular weight excluding hydrogens is 224 g/mol. The van der Waals surface area contributed by atoms with Gasteiger partial charge in [-0.25, -0.2) is 0 Å². The van der Waals surface area contributed by atoms with Crippen LogP contribution in [0.5, 0.6) is 0 Å². The van der Waals surface area contributed by atoms with E-state index in [1.54, 1.807) is 0 Å². The summed E-state index contributed by atoms with van der Waals surface area (Å²) in [7, 11) is -0.413. The lowest BCUT2D eigenvalue weighted by Gasteiger charge is -2.19. The zero-order chi connectivity index (χ0) is 11.9. The largest absolute Gasteiger partial charge is 0.413 e. The molecule has 1 nitrogen and oxygen atoms in total. The van der Waals surface area contributed by atoms with Gasteiger partial charge in [0, 0.05) is 0 Å². The molecule has 0 atom stereocenters. The summed E-state index contributed by atoms with van der Waals surface area (Å²) in [6.45, 7) is 2.19. The minimum atomic E-state index is -0.413. The first kappa shape index (κ1) is 12.1. The van der Waals surface area contributed by atoms with Gasteiger partial charge in [-0.05, 0) is 17.2 Å². The maximum Gasteiger partial charge on any atom is 0.162 e. The first-order valence-corrected chi connectivity index (χ1v) is 7.71. The van der Waals surface area contributed by atoms with Crippen LogP contribution in [0.25, 0.3) is 0 Å². The van der Waals surface area contributed by atoms with E-state index in [2.05, 4.69) is 55.5 Å². The van der Waals surface area contributed by atoms with Crippen molar-refractivity contribution in [1.82, 2.24) is 0 Å². The highest BCUT2D eigenvalue weighted by Crippen LogP contribution is 2.25. The van der Waals surface area contributed by atoms with E-state index in [9.17, 15) is 0 Å². The van der Waals surface area contributed by atoms with E-state index in [0.29, 0.717) is 0 Å². The molecular formula is C15H18OSi. The van der Waals surface area contributed by atoms with Gasteiger partial charge in [0.25, 0.3) is 0 Å². The van der Waals surface area contributed by atoms with Crippen molar-refractivity contribution in [3.8, 4) is 0 Å². The van der Waals surface area contributed by atoms with Crippen LogP contribution in [0.4, 0.5) is 0 Å². The van der Waals surface area contributed by atoms with E-state index in [1.165, 1.54) is 17.2 Å². The van der Waals surface area contributed by atoms with Gasteiger partial charge in [-0.2, -0.15) is 0 Å². The van der Waals surface area contributed by atoms with Crippen LogP contribution in [-0.2, 0) is 4.43 Å². The standard InChI is InChI=1S/C15H18OSi/c1-2-17-16-15(13-9-5-3-6-10-13)14-11-7-4-8-12-14/h3-12,15H,2,17H2,1H3. The molecule has 0 bridgehead atoms. The molecule has 0 saturated carbocycles. The minimum Gasteiger partial charge on any atom is -0.413 e. The second kappa shape index (κ2) is 6.38. The van der Waals surface area contributed by atoms with Crippen LogP contribution in [-0.4, -0.2) is 9.76 Å². The lowest BCUT2D eigenvalue weighted by molar-refractivity contribution is 0.261. The van der Waals surface area contributed by atoms with Crippen molar-refractivity contribution < 1.29 is 4.43 Å². The average Bonchev–Trinajstić information content (AvgIpc) is 2.42. The van der Waals surface area contributed by atoms with Crippen molar-refractivity contribution in [3.05, 3.63) is 71.8 Å². The van der Waals surface area contributed by atoms with E-state index in [0.717, 1.165) is 0 Å². The summed E-state index contributed by atoms with van der Waals surface area (Å²) in [4.78, 5) is 0. The van der Waals surface area contributed by atoms with Crippen LogP contribution in [0.3, 0.4) is 0 Å². The summed E-state index contributed by atoms with van der Waals surface area (Å²) in [5.74, 6) is 0. The van der Waals surface area contributed by atoms with Crippen LogP contribution >= 0.6 is 0 Å². The Balaban J connectivity index is 2.26. The summed E-state index contributed by atoms with van der Waals surface area (Å²) in [6.07, 6.45) is 0.115. The molecule has 0 aliphatic rings. The fraction of sp³-hybridized carbons (Fsp3) is 0.200. The number of hydrogen-bond donors (Lipinski definition) is 0. The van der Waals surface area contributed by atoms with Crippen molar-refractivity contribution in [2.45, 2.75) is 19.1 Å². The third kappa shape index (κ3) is 3.28. The Morgan fingerprint density at radius 3 is 1.76 bits per heavy atom. The average molecular weight is 242 g/mol. The van der Waals surface area contributed by atoms with Gasteiger partial charge in [0.2, 0.25) is 0 Å². The quantitative estimate of drug-likeness (QED) is 0.731. The SMILES string of the molecule is CC[SiH2]OC(c1ccccc1)c1ccccc1. The van der Waals surface area contributed by atoms with Crippen LogP contribution < -0.4 is 0 Å². The second-order valence-corrected chi connectivity index (χ2v) is 5.81. The molecule has 0 heterocycles. The Morgan fingerprint density at radius 1 is 0.882 bits per heavy atom. The second-order valence-electron chi connectivity index (χ2n) is 4.07. The van der Waals surface area contributed by atoms with Gasteiger partial charge in [0.05, 0.1) is 6.10 Å². The molecule has 2 aromatic carbocycles. The molecule has 2 rings (SSSR count). The van der Waals surface area contributed by atoms with Crippen molar-refractivity contribution >= 4 is 9.76 Å². The zero-order valence-electron chi connectivity index (χ0n) is 10.2. The Labute approximate surface area is 105 Å². The minimum absolute atomic E-state index is 0.115. The topological polar surface area (TPSA) is 9.23 Å². The number of rotatable bonds is 5. The first-order valence-electron chi connectivity index (χ1n) is 6.13. The van der Waals surface area contributed by atoms with Crippen LogP contribution in [0, 0.1) is 0 Å². The maximum absolute atomic E-state index is 6.10. The molecule has 17 heavy (non-hydrogen) atoms. The normalized spacial score (nSPS) is 11.4. The maximum atomic E-state index is 6.10. The molecule has 0 spiro atoms. The van der Waals surface area contributed by atoms with Crippen LogP contribution in [0.2, 0.25) is 6.04 Å². The number of hydrogen-bond acceptors (Lipinski definition) is 1. The van der Waals surface area contributed by atoms with Gasteiger partial charge in [0.15, 0.2) is 9.76 Å². The predicted octanol–water partition coefficient (Wildman–Crippen LogP) is 3.31. The van der Waals surface area contributed by atoms with Crippen molar-refractivity contribution in [1.29, 1.82) is 0 Å². The van der Waals surface area contributed by atoms with E-state index in [4.69, 9.17) is 4.43 Å². The molecule has 0 amide bonds. The molecule has 88 valence electrons. The smallest absolute Gasteiger partial charge is 0.162 e. The lowest BCUT2D eigenvalue weighted by atomic mass is 10.0. The fourth-order valence-electron chi connectivity index (χ4n) is 1.88. The van der Waals surface area contributed by atoms with Gasteiger partial charge >= 0.3 is 0 Å². The Bertz CT molecular complexity index is 388. The van der Waals surface area contributed by atoms with Gasteiger partial charge in [-0.15, -0.1) is 0 Å². The summed E-state index contributed by atoms with van der Waals surface area (Å²) < 4.78 is 6.10. The van der Waals surface area contributed by atoms with Gasteiger partial charge < -0.3 is 4.43 Å². The third-order valence-electron chi connectivity index (χ3n) is 2.69. The molecule has 0 fully saturated rings. The van der Waals surface area contributed by atoms with Gasteiger partial charge in [-0.1, -0.05) is 67.6 Å². The molecule has 2 aromatic rings. The summed E-state index contributed by atoms with van der Waals surface area (Å²) in [5, 5.41) is 0. The summed E-state index contributed by atoms with van der Waals surface area (Å²) >= 11 is 0. The Kier molecular flexibility index (Phi) is 4.53. The number of benzene rings is 2. The highest BCUT2D eigenvalue weighted by molar-refractivity contribution is 6.26. The van der Waals surface area contributed by atoms with Gasteiger partial charge in [-0.3, -0.25) is 0 Å². The van der Waals surface area contributed by atoms with E-state index >= 15 is 0 Å². The van der Waals surface area contributed by atoms with Crippen molar-refractivity contribution in [2.24, 2.45) is 0 Å². The Morgan fingerprint density at radius 2 is 1.35 bits per heavy atom. The monoisotopic (exact) mass is 242 g/mol. The first-order chi connectivity index (χ1) is 8.42. The molecule has 0 saturated heterocycles. The summed E-state index contributed by atoms with van der Waals surface area (Å²) in [6, 6.07) is 22.1. The fourth-order valence-corrected chi connectivity index (χ4v) is 2.73. The highest BCUT2D eigenvalue weighted by Gasteiger charge is 2.12.